The van der Waals surface area contributed by atoms with Crippen LogP contribution in [0.4, 0.5) is 0 Å². The molecule has 2 atom stereocenters. The van der Waals surface area contributed by atoms with Crippen LogP contribution in [0.2, 0.25) is 0 Å². The van der Waals surface area contributed by atoms with Crippen LogP contribution in [0, 0.1) is 0 Å². The van der Waals surface area contributed by atoms with Crippen molar-refractivity contribution in [1.82, 2.24) is 0 Å². The van der Waals surface area contributed by atoms with E-state index in [0.717, 1.165) is 12.8 Å². The molecule has 0 bridgehead atoms. The van der Waals surface area contributed by atoms with E-state index in [0.29, 0.717) is 17.6 Å². The summed E-state index contributed by atoms with van der Waals surface area (Å²) in [4.78, 5) is 9.64. The van der Waals surface area contributed by atoms with Gasteiger partial charge in [-0.05, 0) is 32.1 Å². The van der Waals surface area contributed by atoms with E-state index in [4.69, 9.17) is 13.8 Å². The average Bonchev–Trinajstić information content (AvgIpc) is 2.76. The number of hydrogen-bond donors (Lipinski definition) is 2. The van der Waals surface area contributed by atoms with Crippen LogP contribution in [-0.2, 0) is 18.3 Å². The zero-order valence-corrected chi connectivity index (χ0v) is 23.5. The van der Waals surface area contributed by atoms with Crippen molar-refractivity contribution < 1.29 is 32.8 Å². The predicted octanol–water partition coefficient (Wildman–Crippen LogP) is 6.24. The van der Waals surface area contributed by atoms with Gasteiger partial charge in [0, 0.05) is 6.61 Å². The Balaban J connectivity index is 3.42. The van der Waals surface area contributed by atoms with E-state index in [2.05, 4.69) is 19.1 Å². The van der Waals surface area contributed by atoms with Crippen molar-refractivity contribution in [1.29, 1.82) is 0 Å². The van der Waals surface area contributed by atoms with Gasteiger partial charge in [-0.3, -0.25) is 9.05 Å². The maximum absolute atomic E-state index is 11.8. The summed E-state index contributed by atoms with van der Waals surface area (Å²) < 4.78 is 27.6. The van der Waals surface area contributed by atoms with Crippen molar-refractivity contribution in [3.05, 3.63) is 12.2 Å². The van der Waals surface area contributed by atoms with Gasteiger partial charge in [0.1, 0.15) is 19.3 Å². The minimum absolute atomic E-state index is 0.0894. The Morgan fingerprint density at radius 2 is 1.29 bits per heavy atom. The van der Waals surface area contributed by atoms with Crippen LogP contribution >= 0.6 is 7.82 Å². The number of unbranched alkanes of at least 4 members (excludes halogenated alkanes) is 12. The Kier molecular flexibility index (Phi) is 21.8. The number of hydrogen-bond acceptors (Lipinski definition) is 5. The molecule has 7 nitrogen and oxygen atoms in total. The molecule has 8 heteroatoms. The van der Waals surface area contributed by atoms with Crippen molar-refractivity contribution in [3.63, 3.8) is 0 Å². The van der Waals surface area contributed by atoms with Gasteiger partial charge in [-0.25, -0.2) is 4.57 Å². The molecule has 0 fully saturated rings. The first kappa shape index (κ1) is 33.7. The van der Waals surface area contributed by atoms with Gasteiger partial charge in [0.2, 0.25) is 0 Å². The van der Waals surface area contributed by atoms with Gasteiger partial charge in [0.05, 0.1) is 34.4 Å². The molecule has 0 saturated heterocycles. The smallest absolute Gasteiger partial charge is 0.388 e. The first-order valence-corrected chi connectivity index (χ1v) is 15.0. The lowest BCUT2D eigenvalue weighted by Gasteiger charge is -2.24. The molecular weight excluding hydrogens is 453 g/mol. The first-order valence-electron chi connectivity index (χ1n) is 13.5. The van der Waals surface area contributed by atoms with Crippen LogP contribution in [-0.4, -0.2) is 74.7 Å². The molecule has 1 unspecified atom stereocenters. The van der Waals surface area contributed by atoms with Gasteiger partial charge in [0.15, 0.2) is 0 Å². The molecule has 0 rings (SSSR count). The SMILES string of the molecule is CCCCCC/C=C\CCCCCCCCCCOC[C@@H](O)COP(=O)(O)OCC[N+](C)(C)C. The lowest BCUT2D eigenvalue weighted by atomic mass is 10.1. The zero-order chi connectivity index (χ0) is 25.5. The number of phosphoric acid groups is 1. The maximum atomic E-state index is 11.8. The van der Waals surface area contributed by atoms with Crippen LogP contribution in [0.15, 0.2) is 12.2 Å². The third-order valence-corrected chi connectivity index (χ3v) is 6.54. The number of nitrogens with zero attached hydrogens (tertiary/aromatic N) is 1. The number of aliphatic hydroxyl groups excluding tert-OH is 1. The summed E-state index contributed by atoms with van der Waals surface area (Å²) in [5, 5.41) is 9.86. The monoisotopic (exact) mass is 508 g/mol. The molecule has 0 aliphatic rings. The fraction of sp³-hybridized carbons (Fsp3) is 0.923. The summed E-state index contributed by atoms with van der Waals surface area (Å²) >= 11 is 0. The second-order valence-electron chi connectivity index (χ2n) is 10.3. The summed E-state index contributed by atoms with van der Waals surface area (Å²) in [5.74, 6) is 0. The van der Waals surface area contributed by atoms with E-state index < -0.39 is 13.9 Å². The van der Waals surface area contributed by atoms with Gasteiger partial charge in [-0.1, -0.05) is 76.9 Å². The number of rotatable bonds is 25. The second kappa shape index (κ2) is 22.0. The Morgan fingerprint density at radius 1 is 0.765 bits per heavy atom. The van der Waals surface area contributed by atoms with Gasteiger partial charge in [-0.15, -0.1) is 0 Å². The minimum atomic E-state index is -4.14. The zero-order valence-electron chi connectivity index (χ0n) is 22.6. The summed E-state index contributed by atoms with van der Waals surface area (Å²) in [6.45, 7) is 3.33. The number of likely N-dealkylation sites (N-methyl/N-ethyl adjacent to an activating group) is 1. The van der Waals surface area contributed by atoms with Gasteiger partial charge in [0.25, 0.3) is 0 Å². The van der Waals surface area contributed by atoms with Crippen LogP contribution in [0.25, 0.3) is 0 Å². The van der Waals surface area contributed by atoms with Crippen LogP contribution < -0.4 is 0 Å². The predicted molar refractivity (Wildman–Crippen MR) is 141 cm³/mol. The average molecular weight is 509 g/mol. The molecule has 0 radical (unpaired) electrons. The Hall–Kier alpha value is -0.270. The Morgan fingerprint density at radius 3 is 1.85 bits per heavy atom. The lowest BCUT2D eigenvalue weighted by molar-refractivity contribution is -0.870. The van der Waals surface area contributed by atoms with E-state index in [-0.39, 0.29) is 19.8 Å². The number of phosphoric ester groups is 1. The molecule has 0 aromatic heterocycles. The van der Waals surface area contributed by atoms with E-state index in [1.165, 1.54) is 77.0 Å². The molecule has 0 heterocycles. The van der Waals surface area contributed by atoms with E-state index in [1.807, 2.05) is 21.1 Å². The van der Waals surface area contributed by atoms with Crippen molar-refractivity contribution in [2.45, 2.75) is 103 Å². The fourth-order valence-corrected chi connectivity index (χ4v) is 4.11. The molecular formula is C26H55NO6P+. The van der Waals surface area contributed by atoms with Gasteiger partial charge < -0.3 is 19.2 Å². The van der Waals surface area contributed by atoms with Crippen molar-refractivity contribution >= 4 is 7.82 Å². The highest BCUT2D eigenvalue weighted by Gasteiger charge is 2.24. The normalized spacial score (nSPS) is 15.1. The molecule has 0 aliphatic heterocycles. The number of quaternary nitrogens is 1. The highest BCUT2D eigenvalue weighted by atomic mass is 31.2. The van der Waals surface area contributed by atoms with Gasteiger partial charge in [-0.2, -0.15) is 0 Å². The van der Waals surface area contributed by atoms with Crippen molar-refractivity contribution in [2.24, 2.45) is 0 Å². The van der Waals surface area contributed by atoms with Crippen molar-refractivity contribution in [3.8, 4) is 0 Å². The molecule has 2 N–H and O–H groups in total. The lowest BCUT2D eigenvalue weighted by Crippen LogP contribution is -2.37. The fourth-order valence-electron chi connectivity index (χ4n) is 3.37. The number of ether oxygens (including phenoxy) is 1. The molecule has 0 aromatic carbocycles. The van der Waals surface area contributed by atoms with E-state index in [1.54, 1.807) is 0 Å². The highest BCUT2D eigenvalue weighted by Crippen LogP contribution is 2.43. The number of aliphatic hydroxyl groups is 1. The minimum Gasteiger partial charge on any atom is -0.388 e. The molecule has 0 amide bonds. The van der Waals surface area contributed by atoms with Crippen molar-refractivity contribution in [2.75, 3.05) is 54.1 Å². The van der Waals surface area contributed by atoms with Crippen LogP contribution in [0.3, 0.4) is 0 Å². The summed E-state index contributed by atoms with van der Waals surface area (Å²) in [6, 6.07) is 0. The standard InChI is InChI=1S/C26H54NO6P/c1-5-6-7-8-9-10-11-12-13-14-15-16-17-18-19-20-22-31-24-26(28)25-33-34(29,30)32-23-21-27(2,3)4/h10-11,26,28H,5-9,12-25H2,1-4H3/p+1/b11-10-/t26-/m1/s1. The second-order valence-corrected chi connectivity index (χ2v) is 11.7. The largest absolute Gasteiger partial charge is 0.472 e. The summed E-state index contributed by atoms with van der Waals surface area (Å²) in [7, 11) is 1.75. The Bertz CT molecular complexity index is 524. The third kappa shape index (κ3) is 26.3. The topological polar surface area (TPSA) is 85.2 Å². The third-order valence-electron chi connectivity index (χ3n) is 5.56. The van der Waals surface area contributed by atoms with Crippen LogP contribution in [0.1, 0.15) is 96.8 Å². The quantitative estimate of drug-likeness (QED) is 0.0657. The molecule has 0 aromatic rings. The molecule has 204 valence electrons. The number of allylic oxidation sites excluding steroid dienone is 2. The first-order chi connectivity index (χ1) is 16.2. The van der Waals surface area contributed by atoms with E-state index in [9.17, 15) is 14.6 Å². The highest BCUT2D eigenvalue weighted by molar-refractivity contribution is 7.47. The maximum Gasteiger partial charge on any atom is 0.472 e. The molecule has 0 aliphatic carbocycles. The van der Waals surface area contributed by atoms with Gasteiger partial charge >= 0.3 is 7.82 Å². The van der Waals surface area contributed by atoms with E-state index >= 15 is 0 Å². The van der Waals surface area contributed by atoms with Crippen LogP contribution in [0.5, 0.6) is 0 Å². The Labute approximate surface area is 210 Å². The molecule has 34 heavy (non-hydrogen) atoms. The summed E-state index contributed by atoms with van der Waals surface area (Å²) in [5.41, 5.74) is 0. The molecule has 0 spiro atoms. The summed E-state index contributed by atoms with van der Waals surface area (Å²) in [6.07, 6.45) is 21.4. The molecule has 0 saturated carbocycles.